The topological polar surface area (TPSA) is 74.3 Å². The fourth-order valence-electron chi connectivity index (χ4n) is 9.42. The zero-order valence-electron chi connectivity index (χ0n) is 45.9. The summed E-state index contributed by atoms with van der Waals surface area (Å²) >= 11 is 0. The van der Waals surface area contributed by atoms with E-state index in [4.69, 9.17) is 18.6 Å². The predicted molar refractivity (Wildman–Crippen MR) is 286 cm³/mol. The molecule has 0 amide bonds. The van der Waals surface area contributed by atoms with Gasteiger partial charge in [-0.2, -0.15) is 0 Å². The molecule has 8 heteroatoms. The first-order valence-corrected chi connectivity index (χ1v) is 32.2. The Hall–Kier alpha value is -0.963. The van der Waals surface area contributed by atoms with Crippen molar-refractivity contribution in [2.45, 2.75) is 335 Å². The van der Waals surface area contributed by atoms with Crippen LogP contribution in [0.5, 0.6) is 0 Å². The van der Waals surface area contributed by atoms with Crippen molar-refractivity contribution in [1.29, 1.82) is 0 Å². The number of hydrogen-bond donors (Lipinski definition) is 0. The summed E-state index contributed by atoms with van der Waals surface area (Å²) in [6.07, 6.45) is 44.4. The predicted octanol–water partition coefficient (Wildman–Crippen LogP) is 17.8. The van der Waals surface area contributed by atoms with Crippen LogP contribution < -0.4 is 0 Å². The number of unbranched alkanes of at least 4 members (excludes halogenated alkanes) is 24. The highest BCUT2D eigenvalue weighted by molar-refractivity contribution is 6.74. The zero-order valence-corrected chi connectivity index (χ0v) is 46.9. The Balaban J connectivity index is 2.64. The molecule has 1 aliphatic heterocycles. The van der Waals surface area contributed by atoms with Gasteiger partial charge in [-0.15, -0.1) is 0 Å². The summed E-state index contributed by atoms with van der Waals surface area (Å²) < 4.78 is 25.7. The Morgan fingerprint density at radius 3 is 1.15 bits per heavy atom. The highest BCUT2D eigenvalue weighted by atomic mass is 28.4. The summed E-state index contributed by atoms with van der Waals surface area (Å²) in [5.74, 6) is 0.0153. The van der Waals surface area contributed by atoms with Crippen molar-refractivity contribution in [1.82, 2.24) is 4.90 Å². The average Bonchev–Trinajstić information content (AvgIpc) is 3.27. The maximum atomic E-state index is 13.1. The molecular formula is C58H115NO6Si. The Bertz CT molecular complexity index is 1010. The van der Waals surface area contributed by atoms with E-state index < -0.39 is 8.32 Å². The molecule has 1 fully saturated rings. The van der Waals surface area contributed by atoms with E-state index in [1.807, 2.05) is 0 Å². The molecule has 2 unspecified atom stereocenters. The van der Waals surface area contributed by atoms with Crippen molar-refractivity contribution in [2.24, 2.45) is 0 Å². The molecule has 0 saturated carbocycles. The fraction of sp³-hybridized carbons (Fsp3) is 0.966. The number of morpholine rings is 1. The zero-order chi connectivity index (χ0) is 48.6. The quantitative estimate of drug-likeness (QED) is 0.0342. The van der Waals surface area contributed by atoms with Gasteiger partial charge in [0.25, 0.3) is 0 Å². The number of nitrogens with zero attached hydrogens (tertiary/aromatic N) is 1. The van der Waals surface area contributed by atoms with E-state index in [1.165, 1.54) is 154 Å². The van der Waals surface area contributed by atoms with Gasteiger partial charge in [0.15, 0.2) is 8.32 Å². The van der Waals surface area contributed by atoms with Crippen LogP contribution in [0.4, 0.5) is 0 Å². The Kier molecular flexibility index (Phi) is 39.9. The smallest absolute Gasteiger partial charge is 0.306 e. The molecule has 1 aliphatic rings. The molecule has 0 aromatic heterocycles. The standard InChI is InChI=1S/C58H115NO6Si/c1-10-14-18-22-26-32-40-52(41-33-27-23-19-15-11-2)64-56(60)46-38-30-36-44-54-50-59(48-49-62-66(8,9)58(5,6)7)51-55(63-54)45-37-31-39-47-57(61)65-53(42-34-28-24-20-16-12-3)43-35-29-25-21-17-13-4/h52-55H,10-51H2,1-9H3. The molecule has 2 atom stereocenters. The highest BCUT2D eigenvalue weighted by Crippen LogP contribution is 2.36. The number of rotatable bonds is 46. The molecule has 1 heterocycles. The van der Waals surface area contributed by atoms with Crippen molar-refractivity contribution in [3.8, 4) is 0 Å². The average molecular weight is 951 g/mol. The van der Waals surface area contributed by atoms with Gasteiger partial charge in [0.05, 0.1) is 12.2 Å². The second-order valence-electron chi connectivity index (χ2n) is 22.4. The van der Waals surface area contributed by atoms with Gasteiger partial charge in [-0.1, -0.05) is 203 Å². The summed E-state index contributed by atoms with van der Waals surface area (Å²) in [6, 6.07) is 0. The van der Waals surface area contributed by atoms with Gasteiger partial charge in [-0.25, -0.2) is 0 Å². The van der Waals surface area contributed by atoms with Gasteiger partial charge in [-0.05, 0) is 95.2 Å². The van der Waals surface area contributed by atoms with Crippen LogP contribution in [0.25, 0.3) is 0 Å². The minimum absolute atomic E-state index is 0.00765. The van der Waals surface area contributed by atoms with E-state index in [9.17, 15) is 9.59 Å². The summed E-state index contributed by atoms with van der Waals surface area (Å²) in [7, 11) is -1.81. The maximum absolute atomic E-state index is 13.1. The molecule has 0 spiro atoms. The molecule has 0 aliphatic carbocycles. The van der Waals surface area contributed by atoms with E-state index >= 15 is 0 Å². The van der Waals surface area contributed by atoms with Crippen LogP contribution in [-0.2, 0) is 28.2 Å². The molecule has 66 heavy (non-hydrogen) atoms. The van der Waals surface area contributed by atoms with E-state index in [0.29, 0.717) is 12.8 Å². The number of carbonyl (C=O) groups excluding carboxylic acids is 2. The minimum atomic E-state index is -1.81. The SMILES string of the molecule is CCCCCCCCC(CCCCCCCC)OC(=O)CCCCCC1CN(CCO[Si](C)(C)C(C)(C)C)CC(CCCCCC(=O)OC(CCCCCCCC)CCCCCCCC)O1. The summed E-state index contributed by atoms with van der Waals surface area (Å²) in [4.78, 5) is 28.7. The number of carbonyl (C=O) groups is 2. The highest BCUT2D eigenvalue weighted by Gasteiger charge is 2.37. The van der Waals surface area contributed by atoms with Crippen molar-refractivity contribution >= 4 is 20.3 Å². The van der Waals surface area contributed by atoms with E-state index in [2.05, 4.69) is 66.5 Å². The first-order chi connectivity index (χ1) is 31.8. The first kappa shape index (κ1) is 63.1. The van der Waals surface area contributed by atoms with Gasteiger partial charge < -0.3 is 18.6 Å². The van der Waals surface area contributed by atoms with Crippen molar-refractivity contribution in [2.75, 3.05) is 26.2 Å². The summed E-state index contributed by atoms with van der Waals surface area (Å²) in [5, 5.41) is 0.202. The lowest BCUT2D eigenvalue weighted by atomic mass is 10.0. The van der Waals surface area contributed by atoms with Gasteiger partial charge >= 0.3 is 11.9 Å². The molecule has 0 aromatic rings. The third-order valence-corrected chi connectivity index (χ3v) is 19.5. The largest absolute Gasteiger partial charge is 0.462 e. The summed E-state index contributed by atoms with van der Waals surface area (Å²) in [6.45, 7) is 24.3. The molecule has 1 saturated heterocycles. The Morgan fingerprint density at radius 2 is 0.818 bits per heavy atom. The number of esters is 2. The van der Waals surface area contributed by atoms with Crippen molar-refractivity contribution in [3.05, 3.63) is 0 Å². The lowest BCUT2D eigenvalue weighted by molar-refractivity contribution is -0.151. The van der Waals surface area contributed by atoms with Gasteiger partial charge in [0, 0.05) is 39.1 Å². The normalized spacial score (nSPS) is 16.2. The molecule has 0 bridgehead atoms. The molecule has 0 N–H and O–H groups in total. The lowest BCUT2D eigenvalue weighted by Gasteiger charge is -2.40. The van der Waals surface area contributed by atoms with Crippen LogP contribution in [0.2, 0.25) is 18.1 Å². The molecule has 0 radical (unpaired) electrons. The number of hydrogen-bond acceptors (Lipinski definition) is 7. The molecule has 7 nitrogen and oxygen atoms in total. The van der Waals surface area contributed by atoms with Crippen LogP contribution in [-0.4, -0.2) is 75.8 Å². The van der Waals surface area contributed by atoms with Gasteiger partial charge in [0.1, 0.15) is 12.2 Å². The second kappa shape index (κ2) is 41.8. The van der Waals surface area contributed by atoms with Gasteiger partial charge in [-0.3, -0.25) is 14.5 Å². The molecular weight excluding hydrogens is 835 g/mol. The van der Waals surface area contributed by atoms with E-state index in [-0.39, 0.29) is 41.4 Å². The Morgan fingerprint density at radius 1 is 0.500 bits per heavy atom. The van der Waals surface area contributed by atoms with Crippen molar-refractivity contribution < 1.29 is 28.2 Å². The molecule has 392 valence electrons. The molecule has 0 aromatic carbocycles. The summed E-state index contributed by atoms with van der Waals surface area (Å²) in [5.41, 5.74) is 0. The maximum Gasteiger partial charge on any atom is 0.306 e. The second-order valence-corrected chi connectivity index (χ2v) is 27.2. The van der Waals surface area contributed by atoms with E-state index in [1.54, 1.807) is 0 Å². The van der Waals surface area contributed by atoms with Crippen LogP contribution in [0, 0.1) is 0 Å². The van der Waals surface area contributed by atoms with Crippen LogP contribution >= 0.6 is 0 Å². The van der Waals surface area contributed by atoms with Crippen molar-refractivity contribution in [3.63, 3.8) is 0 Å². The van der Waals surface area contributed by atoms with Crippen LogP contribution in [0.3, 0.4) is 0 Å². The third-order valence-electron chi connectivity index (χ3n) is 14.9. The fourth-order valence-corrected chi connectivity index (χ4v) is 10.5. The van der Waals surface area contributed by atoms with Crippen LogP contribution in [0.15, 0.2) is 0 Å². The Labute approximate surface area is 413 Å². The number of ether oxygens (including phenoxy) is 3. The lowest BCUT2D eigenvalue weighted by Crippen LogP contribution is -2.49. The third kappa shape index (κ3) is 35.2. The molecule has 1 rings (SSSR count). The van der Waals surface area contributed by atoms with Gasteiger partial charge in [0.2, 0.25) is 0 Å². The van der Waals surface area contributed by atoms with E-state index in [0.717, 1.165) is 103 Å². The van der Waals surface area contributed by atoms with Crippen LogP contribution in [0.1, 0.15) is 292 Å². The first-order valence-electron chi connectivity index (χ1n) is 29.3. The minimum Gasteiger partial charge on any atom is -0.462 e. The monoisotopic (exact) mass is 950 g/mol.